The van der Waals surface area contributed by atoms with E-state index in [0.29, 0.717) is 22.7 Å². The van der Waals surface area contributed by atoms with Crippen LogP contribution in [-0.4, -0.2) is 10.9 Å². The third kappa shape index (κ3) is 3.59. The maximum atomic E-state index is 12.6. The zero-order chi connectivity index (χ0) is 19.7. The molecule has 4 rings (SSSR count). The Balaban J connectivity index is 1.55. The average Bonchev–Trinajstić information content (AvgIpc) is 3.11. The van der Waals surface area contributed by atoms with Crippen LogP contribution in [0.1, 0.15) is 15.9 Å². The molecular formula is C21H13F3N2O2. The van der Waals surface area contributed by atoms with E-state index in [1.54, 1.807) is 18.2 Å². The zero-order valence-electron chi connectivity index (χ0n) is 14.3. The highest BCUT2D eigenvalue weighted by molar-refractivity contribution is 6.05. The third-order valence-electron chi connectivity index (χ3n) is 4.14. The average molecular weight is 382 g/mol. The monoisotopic (exact) mass is 382 g/mol. The number of hydrogen-bond donors (Lipinski definition) is 1. The molecule has 4 nitrogen and oxygen atoms in total. The summed E-state index contributed by atoms with van der Waals surface area (Å²) in [7, 11) is 0. The molecule has 28 heavy (non-hydrogen) atoms. The van der Waals surface area contributed by atoms with Gasteiger partial charge >= 0.3 is 6.18 Å². The molecule has 1 N–H and O–H groups in total. The Morgan fingerprint density at radius 3 is 2.32 bits per heavy atom. The lowest BCUT2D eigenvalue weighted by atomic mass is 10.1. The van der Waals surface area contributed by atoms with Gasteiger partial charge in [0.05, 0.1) is 5.56 Å². The number of alkyl halides is 3. The largest absolute Gasteiger partial charge is 0.436 e. The normalized spacial score (nSPS) is 11.5. The standard InChI is InChI=1S/C21H13F3N2O2/c22-21(23,24)15-8-6-13(7-9-15)19(27)25-16-10-11-18-17(12-16)26-20(28-18)14-4-2-1-3-5-14/h1-12H,(H,25,27). The van der Waals surface area contributed by atoms with Gasteiger partial charge in [0.2, 0.25) is 5.89 Å². The summed E-state index contributed by atoms with van der Waals surface area (Å²) in [5.41, 5.74) is 1.73. The Kier molecular flexibility index (Phi) is 4.35. The minimum absolute atomic E-state index is 0.123. The maximum Gasteiger partial charge on any atom is 0.416 e. The number of aromatic nitrogens is 1. The Hall–Kier alpha value is -3.61. The summed E-state index contributed by atoms with van der Waals surface area (Å²) in [6, 6.07) is 18.4. The fraction of sp³-hybridized carbons (Fsp3) is 0.0476. The fourth-order valence-electron chi connectivity index (χ4n) is 2.72. The van der Waals surface area contributed by atoms with Crippen molar-refractivity contribution < 1.29 is 22.4 Å². The first kappa shape index (κ1) is 17.8. The van der Waals surface area contributed by atoms with Crippen LogP contribution in [-0.2, 0) is 6.18 Å². The number of nitrogens with zero attached hydrogens (tertiary/aromatic N) is 1. The summed E-state index contributed by atoms with van der Waals surface area (Å²) in [4.78, 5) is 16.7. The summed E-state index contributed by atoms with van der Waals surface area (Å²) >= 11 is 0. The predicted molar refractivity (Wildman–Crippen MR) is 98.8 cm³/mol. The van der Waals surface area contributed by atoms with Crippen molar-refractivity contribution in [3.8, 4) is 11.5 Å². The van der Waals surface area contributed by atoms with E-state index in [9.17, 15) is 18.0 Å². The minimum Gasteiger partial charge on any atom is -0.436 e. The Bertz CT molecular complexity index is 1130. The van der Waals surface area contributed by atoms with Crippen LogP contribution in [0, 0.1) is 0 Å². The van der Waals surface area contributed by atoms with Gasteiger partial charge in [-0.25, -0.2) is 4.98 Å². The molecule has 1 aromatic heterocycles. The van der Waals surface area contributed by atoms with Crippen molar-refractivity contribution >= 4 is 22.7 Å². The van der Waals surface area contributed by atoms with Gasteiger partial charge in [-0.15, -0.1) is 0 Å². The van der Waals surface area contributed by atoms with E-state index < -0.39 is 17.6 Å². The molecule has 0 radical (unpaired) electrons. The number of anilines is 1. The van der Waals surface area contributed by atoms with Gasteiger partial charge in [-0.05, 0) is 54.6 Å². The topological polar surface area (TPSA) is 55.1 Å². The molecule has 4 aromatic rings. The molecule has 0 saturated heterocycles. The number of amides is 1. The Morgan fingerprint density at radius 1 is 0.929 bits per heavy atom. The number of hydrogen-bond acceptors (Lipinski definition) is 3. The second-order valence-electron chi connectivity index (χ2n) is 6.10. The number of oxazole rings is 1. The third-order valence-corrected chi connectivity index (χ3v) is 4.14. The fourth-order valence-corrected chi connectivity index (χ4v) is 2.72. The quantitative estimate of drug-likeness (QED) is 0.490. The summed E-state index contributed by atoms with van der Waals surface area (Å²) in [6.45, 7) is 0. The molecule has 0 bridgehead atoms. The van der Waals surface area contributed by atoms with Gasteiger partial charge in [-0.2, -0.15) is 13.2 Å². The molecule has 0 atom stereocenters. The Labute approximate surface area is 157 Å². The van der Waals surface area contributed by atoms with E-state index in [1.807, 2.05) is 30.3 Å². The predicted octanol–water partition coefficient (Wildman–Crippen LogP) is 5.77. The van der Waals surface area contributed by atoms with Crippen molar-refractivity contribution in [1.82, 2.24) is 4.98 Å². The first-order valence-electron chi connectivity index (χ1n) is 8.35. The number of carbonyl (C=O) groups excluding carboxylic acids is 1. The Morgan fingerprint density at radius 2 is 1.64 bits per heavy atom. The molecule has 1 heterocycles. The number of carbonyl (C=O) groups is 1. The number of halogens is 3. The van der Waals surface area contributed by atoms with Crippen LogP contribution in [0.3, 0.4) is 0 Å². The van der Waals surface area contributed by atoms with Crippen molar-refractivity contribution in [3.05, 3.63) is 83.9 Å². The zero-order valence-corrected chi connectivity index (χ0v) is 14.3. The summed E-state index contributed by atoms with van der Waals surface area (Å²) in [5.74, 6) is -0.0540. The van der Waals surface area contributed by atoms with Crippen LogP contribution >= 0.6 is 0 Å². The van der Waals surface area contributed by atoms with Crippen LogP contribution < -0.4 is 5.32 Å². The van der Waals surface area contributed by atoms with Crippen molar-refractivity contribution in [2.45, 2.75) is 6.18 Å². The van der Waals surface area contributed by atoms with Crippen molar-refractivity contribution in [1.29, 1.82) is 0 Å². The lowest BCUT2D eigenvalue weighted by Gasteiger charge is -2.08. The van der Waals surface area contributed by atoms with Crippen LogP contribution in [0.4, 0.5) is 18.9 Å². The lowest BCUT2D eigenvalue weighted by Crippen LogP contribution is -2.12. The van der Waals surface area contributed by atoms with Crippen molar-refractivity contribution in [2.24, 2.45) is 0 Å². The molecular weight excluding hydrogens is 369 g/mol. The minimum atomic E-state index is -4.44. The highest BCUT2D eigenvalue weighted by Crippen LogP contribution is 2.29. The number of rotatable bonds is 3. The summed E-state index contributed by atoms with van der Waals surface area (Å²) in [5, 5.41) is 2.66. The second-order valence-corrected chi connectivity index (χ2v) is 6.10. The maximum absolute atomic E-state index is 12.6. The van der Waals surface area contributed by atoms with Crippen LogP contribution in [0.25, 0.3) is 22.6 Å². The second kappa shape index (κ2) is 6.84. The van der Waals surface area contributed by atoms with Gasteiger partial charge in [-0.3, -0.25) is 4.79 Å². The molecule has 140 valence electrons. The first-order chi connectivity index (χ1) is 13.4. The van der Waals surface area contributed by atoms with E-state index in [2.05, 4.69) is 10.3 Å². The van der Waals surface area contributed by atoms with Gasteiger partial charge in [0.25, 0.3) is 5.91 Å². The van der Waals surface area contributed by atoms with Crippen LogP contribution in [0.5, 0.6) is 0 Å². The molecule has 0 spiro atoms. The van der Waals surface area contributed by atoms with E-state index in [0.717, 1.165) is 29.8 Å². The van der Waals surface area contributed by atoms with Gasteiger partial charge in [0, 0.05) is 16.8 Å². The SMILES string of the molecule is O=C(Nc1ccc2oc(-c3ccccc3)nc2c1)c1ccc(C(F)(F)F)cc1. The van der Waals surface area contributed by atoms with Gasteiger partial charge in [-0.1, -0.05) is 18.2 Å². The van der Waals surface area contributed by atoms with Crippen molar-refractivity contribution in [3.63, 3.8) is 0 Å². The summed E-state index contributed by atoms with van der Waals surface area (Å²) < 4.78 is 43.6. The van der Waals surface area contributed by atoms with E-state index in [4.69, 9.17) is 4.42 Å². The van der Waals surface area contributed by atoms with E-state index in [-0.39, 0.29) is 5.56 Å². The molecule has 1 amide bonds. The van der Waals surface area contributed by atoms with Crippen LogP contribution in [0.2, 0.25) is 0 Å². The molecule has 7 heteroatoms. The smallest absolute Gasteiger partial charge is 0.416 e. The van der Waals surface area contributed by atoms with Gasteiger partial charge in [0.1, 0.15) is 5.52 Å². The van der Waals surface area contributed by atoms with Gasteiger partial charge in [0.15, 0.2) is 5.58 Å². The molecule has 0 unspecified atom stereocenters. The molecule has 0 aliphatic carbocycles. The number of benzene rings is 3. The molecule has 0 fully saturated rings. The van der Waals surface area contributed by atoms with Crippen molar-refractivity contribution in [2.75, 3.05) is 5.32 Å². The highest BCUT2D eigenvalue weighted by Gasteiger charge is 2.30. The molecule has 0 aliphatic rings. The highest BCUT2D eigenvalue weighted by atomic mass is 19.4. The lowest BCUT2D eigenvalue weighted by molar-refractivity contribution is -0.137. The number of fused-ring (bicyclic) bond motifs is 1. The molecule has 0 aliphatic heterocycles. The van der Waals surface area contributed by atoms with Gasteiger partial charge < -0.3 is 9.73 Å². The van der Waals surface area contributed by atoms with E-state index >= 15 is 0 Å². The molecule has 3 aromatic carbocycles. The van der Waals surface area contributed by atoms with Crippen LogP contribution in [0.15, 0.2) is 77.2 Å². The van der Waals surface area contributed by atoms with E-state index in [1.165, 1.54) is 0 Å². The summed E-state index contributed by atoms with van der Waals surface area (Å²) in [6.07, 6.45) is -4.44. The first-order valence-corrected chi connectivity index (χ1v) is 8.35. The molecule has 0 saturated carbocycles. The number of nitrogens with one attached hydrogen (secondary N) is 1.